The van der Waals surface area contributed by atoms with Crippen LogP contribution in [0.2, 0.25) is 10.0 Å². The molecular formula is C20H16Cl2O3. The average Bonchev–Trinajstić information content (AvgIpc) is 2.60. The van der Waals surface area contributed by atoms with E-state index in [4.69, 9.17) is 33.0 Å². The van der Waals surface area contributed by atoms with Crippen molar-refractivity contribution in [1.29, 1.82) is 0 Å². The van der Waals surface area contributed by atoms with Crippen LogP contribution in [0.25, 0.3) is 0 Å². The molecule has 0 unspecified atom stereocenters. The van der Waals surface area contributed by atoms with Crippen molar-refractivity contribution in [3.8, 4) is 11.5 Å². The van der Waals surface area contributed by atoms with Gasteiger partial charge in [0.15, 0.2) is 0 Å². The standard InChI is InChI=1S/C14H10Cl2O3.C6H6/c15-10-5-6-13(11(16)8-10)19-12-4-2-1-3-9(12)7-14(17)18;1-2-4-6-5-3-1/h1-6,8H,7H2,(H,17,18);1-6H. The fourth-order valence-electron chi connectivity index (χ4n) is 1.97. The predicted molar refractivity (Wildman–Crippen MR) is 101 cm³/mol. The number of rotatable bonds is 4. The first-order chi connectivity index (χ1) is 12.1. The number of carbonyl (C=O) groups is 1. The van der Waals surface area contributed by atoms with Crippen molar-refractivity contribution in [2.24, 2.45) is 0 Å². The normalized spacial score (nSPS) is 9.68. The van der Waals surface area contributed by atoms with Gasteiger partial charge in [0.2, 0.25) is 0 Å². The highest BCUT2D eigenvalue weighted by atomic mass is 35.5. The number of para-hydroxylation sites is 1. The molecular weight excluding hydrogens is 359 g/mol. The molecule has 5 heteroatoms. The molecule has 0 radical (unpaired) electrons. The van der Waals surface area contributed by atoms with Crippen LogP contribution in [-0.4, -0.2) is 11.1 Å². The van der Waals surface area contributed by atoms with Gasteiger partial charge in [-0.3, -0.25) is 4.79 Å². The molecule has 0 saturated carbocycles. The van der Waals surface area contributed by atoms with Gasteiger partial charge in [0.05, 0.1) is 11.4 Å². The number of hydrogen-bond acceptors (Lipinski definition) is 2. The lowest BCUT2D eigenvalue weighted by atomic mass is 10.1. The Morgan fingerprint density at radius 3 is 2.00 bits per heavy atom. The second kappa shape index (κ2) is 9.72. The molecule has 0 aliphatic carbocycles. The third-order valence-corrected chi connectivity index (χ3v) is 3.63. The maximum atomic E-state index is 10.8. The fourth-order valence-corrected chi connectivity index (χ4v) is 2.42. The van der Waals surface area contributed by atoms with Crippen molar-refractivity contribution in [3.63, 3.8) is 0 Å². The Morgan fingerprint density at radius 2 is 1.44 bits per heavy atom. The Morgan fingerprint density at radius 1 is 0.840 bits per heavy atom. The first-order valence-electron chi connectivity index (χ1n) is 7.49. The molecule has 25 heavy (non-hydrogen) atoms. The zero-order valence-electron chi connectivity index (χ0n) is 13.2. The summed E-state index contributed by atoms with van der Waals surface area (Å²) in [5, 5.41) is 9.73. The number of benzene rings is 3. The van der Waals surface area contributed by atoms with Gasteiger partial charge in [-0.25, -0.2) is 0 Å². The maximum absolute atomic E-state index is 10.8. The van der Waals surface area contributed by atoms with Crippen molar-refractivity contribution >= 4 is 29.2 Å². The summed E-state index contributed by atoms with van der Waals surface area (Å²) in [6, 6.07) is 23.8. The Bertz CT molecular complexity index is 793. The minimum atomic E-state index is -0.918. The second-order valence-electron chi connectivity index (χ2n) is 5.01. The molecule has 0 heterocycles. The molecule has 0 atom stereocenters. The van der Waals surface area contributed by atoms with Gasteiger partial charge in [-0.05, 0) is 24.3 Å². The van der Waals surface area contributed by atoms with Crippen molar-refractivity contribution in [1.82, 2.24) is 0 Å². The number of carboxylic acids is 1. The van der Waals surface area contributed by atoms with E-state index in [1.165, 1.54) is 0 Å². The maximum Gasteiger partial charge on any atom is 0.307 e. The van der Waals surface area contributed by atoms with Gasteiger partial charge in [0, 0.05) is 10.6 Å². The topological polar surface area (TPSA) is 46.5 Å². The van der Waals surface area contributed by atoms with Gasteiger partial charge in [0.1, 0.15) is 11.5 Å². The molecule has 0 amide bonds. The molecule has 0 aliphatic heterocycles. The lowest BCUT2D eigenvalue weighted by Crippen LogP contribution is -2.01. The van der Waals surface area contributed by atoms with Crippen LogP contribution < -0.4 is 4.74 Å². The summed E-state index contributed by atoms with van der Waals surface area (Å²) in [5.41, 5.74) is 0.584. The van der Waals surface area contributed by atoms with Gasteiger partial charge < -0.3 is 9.84 Å². The van der Waals surface area contributed by atoms with Gasteiger partial charge in [-0.1, -0.05) is 77.8 Å². The van der Waals surface area contributed by atoms with Gasteiger partial charge in [-0.2, -0.15) is 0 Å². The zero-order chi connectivity index (χ0) is 18.1. The molecule has 3 aromatic rings. The van der Waals surface area contributed by atoms with E-state index >= 15 is 0 Å². The third-order valence-electron chi connectivity index (χ3n) is 3.09. The highest BCUT2D eigenvalue weighted by Crippen LogP contribution is 2.33. The van der Waals surface area contributed by atoms with Crippen LogP contribution in [-0.2, 0) is 11.2 Å². The van der Waals surface area contributed by atoms with E-state index in [2.05, 4.69) is 0 Å². The summed E-state index contributed by atoms with van der Waals surface area (Å²) >= 11 is 11.8. The Labute approximate surface area is 156 Å². The smallest absolute Gasteiger partial charge is 0.307 e. The van der Waals surface area contributed by atoms with Crippen molar-refractivity contribution in [2.45, 2.75) is 6.42 Å². The first-order valence-corrected chi connectivity index (χ1v) is 8.24. The molecule has 0 saturated heterocycles. The van der Waals surface area contributed by atoms with Crippen molar-refractivity contribution in [3.05, 3.63) is 94.5 Å². The quantitative estimate of drug-likeness (QED) is 0.599. The van der Waals surface area contributed by atoms with Crippen molar-refractivity contribution in [2.75, 3.05) is 0 Å². The number of hydrogen-bond donors (Lipinski definition) is 1. The lowest BCUT2D eigenvalue weighted by Gasteiger charge is -2.11. The van der Waals surface area contributed by atoms with E-state index in [1.54, 1.807) is 42.5 Å². The summed E-state index contributed by atoms with van der Waals surface area (Å²) < 4.78 is 5.64. The molecule has 0 aliphatic rings. The summed E-state index contributed by atoms with van der Waals surface area (Å²) in [6.45, 7) is 0. The Kier molecular flexibility index (Phi) is 7.33. The third kappa shape index (κ3) is 6.49. The van der Waals surface area contributed by atoms with E-state index in [0.717, 1.165) is 0 Å². The SMILES string of the molecule is O=C(O)Cc1ccccc1Oc1ccc(Cl)cc1Cl.c1ccccc1. The molecule has 3 rings (SSSR count). The van der Waals surface area contributed by atoms with E-state index < -0.39 is 5.97 Å². The molecule has 3 nitrogen and oxygen atoms in total. The molecule has 1 N–H and O–H groups in total. The van der Waals surface area contributed by atoms with Gasteiger partial charge in [-0.15, -0.1) is 0 Å². The van der Waals surface area contributed by atoms with Gasteiger partial charge in [0.25, 0.3) is 0 Å². The van der Waals surface area contributed by atoms with E-state index in [9.17, 15) is 4.79 Å². The van der Waals surface area contributed by atoms with Crippen LogP contribution in [0.4, 0.5) is 0 Å². The average molecular weight is 375 g/mol. The summed E-state index contributed by atoms with van der Waals surface area (Å²) in [5.74, 6) is -0.0173. The van der Waals surface area contributed by atoms with E-state index in [0.29, 0.717) is 27.1 Å². The van der Waals surface area contributed by atoms with Gasteiger partial charge >= 0.3 is 5.97 Å². The largest absolute Gasteiger partial charge is 0.481 e. The predicted octanol–water partition coefficient (Wildman–Crippen LogP) is 6.10. The van der Waals surface area contributed by atoms with Crippen LogP contribution in [0.3, 0.4) is 0 Å². The number of carboxylic acid groups (broad SMARTS) is 1. The molecule has 0 spiro atoms. The Hall–Kier alpha value is -2.49. The molecule has 3 aromatic carbocycles. The van der Waals surface area contributed by atoms with Crippen molar-refractivity contribution < 1.29 is 14.6 Å². The molecule has 0 bridgehead atoms. The van der Waals surface area contributed by atoms with Crippen LogP contribution >= 0.6 is 23.2 Å². The zero-order valence-corrected chi connectivity index (χ0v) is 14.7. The number of ether oxygens (including phenoxy) is 1. The molecule has 128 valence electrons. The monoisotopic (exact) mass is 374 g/mol. The number of halogens is 2. The fraction of sp³-hybridized carbons (Fsp3) is 0.0500. The summed E-state index contributed by atoms with van der Waals surface area (Å²) in [4.78, 5) is 10.8. The van der Waals surface area contributed by atoms with Crippen LogP contribution in [0.15, 0.2) is 78.9 Å². The highest BCUT2D eigenvalue weighted by Gasteiger charge is 2.10. The first kappa shape index (κ1) is 18.8. The number of aliphatic carboxylic acids is 1. The van der Waals surface area contributed by atoms with Crippen LogP contribution in [0.1, 0.15) is 5.56 Å². The minimum Gasteiger partial charge on any atom is -0.481 e. The second-order valence-corrected chi connectivity index (χ2v) is 5.85. The minimum absolute atomic E-state index is 0.110. The van der Waals surface area contributed by atoms with E-state index in [1.807, 2.05) is 36.4 Å². The molecule has 0 aromatic heterocycles. The summed E-state index contributed by atoms with van der Waals surface area (Å²) in [6.07, 6.45) is -0.110. The van der Waals surface area contributed by atoms with E-state index in [-0.39, 0.29) is 6.42 Å². The lowest BCUT2D eigenvalue weighted by molar-refractivity contribution is -0.136. The Balaban J connectivity index is 0.000000316. The molecule has 0 fully saturated rings. The summed E-state index contributed by atoms with van der Waals surface area (Å²) in [7, 11) is 0. The highest BCUT2D eigenvalue weighted by molar-refractivity contribution is 6.35. The van der Waals surface area contributed by atoms with Crippen LogP contribution in [0, 0.1) is 0 Å². The van der Waals surface area contributed by atoms with Crippen LogP contribution in [0.5, 0.6) is 11.5 Å².